The van der Waals surface area contributed by atoms with Crippen molar-refractivity contribution >= 4 is 23.9 Å². The fraction of sp³-hybridized carbons (Fsp3) is 0.837. The van der Waals surface area contributed by atoms with Crippen molar-refractivity contribution in [3.05, 3.63) is 24.3 Å². The van der Waals surface area contributed by atoms with Crippen LogP contribution in [0.1, 0.15) is 181 Å². The second-order valence-corrected chi connectivity index (χ2v) is 17.1. The summed E-state index contributed by atoms with van der Waals surface area (Å²) in [6, 6.07) is 0. The molecule has 0 aromatic rings. The lowest BCUT2D eigenvalue weighted by Crippen LogP contribution is -2.39. The van der Waals surface area contributed by atoms with E-state index in [1.54, 1.807) is 0 Å². The highest BCUT2D eigenvalue weighted by Crippen LogP contribution is 2.31. The first-order valence-electron chi connectivity index (χ1n) is 24.5. The summed E-state index contributed by atoms with van der Waals surface area (Å²) in [5.74, 6) is -1.08. The molecule has 2 aliphatic rings. The topological polar surface area (TPSA) is 167 Å². The third-order valence-corrected chi connectivity index (χ3v) is 11.4. The maximum Gasteiger partial charge on any atom is 0.306 e. The van der Waals surface area contributed by atoms with Crippen LogP contribution in [-0.2, 0) is 47.6 Å². The molecular weight excluding hydrogens is 795 g/mol. The predicted molar refractivity (Wildman–Crippen MR) is 240 cm³/mol. The summed E-state index contributed by atoms with van der Waals surface area (Å²) >= 11 is 0. The number of carbonyl (C=O) groups is 4. The molecule has 2 fully saturated rings. The van der Waals surface area contributed by atoms with Crippen molar-refractivity contribution in [3.8, 4) is 0 Å². The van der Waals surface area contributed by atoms with Gasteiger partial charge in [-0.1, -0.05) is 116 Å². The fourth-order valence-electron chi connectivity index (χ4n) is 7.72. The Labute approximate surface area is 374 Å². The maximum atomic E-state index is 12.9. The van der Waals surface area contributed by atoms with E-state index in [1.165, 1.54) is 38.5 Å². The van der Waals surface area contributed by atoms with E-state index in [1.807, 2.05) is 24.0 Å². The number of rotatable bonds is 39. The normalized spacial score (nSPS) is 19.6. The zero-order chi connectivity index (χ0) is 45.0. The minimum atomic E-state index is -0.637. The van der Waals surface area contributed by atoms with Crippen LogP contribution >= 0.6 is 0 Å². The van der Waals surface area contributed by atoms with Crippen LogP contribution in [0.3, 0.4) is 0 Å². The summed E-state index contributed by atoms with van der Waals surface area (Å²) in [7, 11) is 0. The molecule has 2 N–H and O–H groups in total. The Kier molecular flexibility index (Phi) is 32.5. The quantitative estimate of drug-likeness (QED) is 0.0261. The minimum absolute atomic E-state index is 0.141. The van der Waals surface area contributed by atoms with Crippen LogP contribution in [-0.4, -0.2) is 122 Å². The molecule has 13 nitrogen and oxygen atoms in total. The molecule has 0 aliphatic carbocycles. The molecule has 2 saturated heterocycles. The average molecular weight is 880 g/mol. The first kappa shape index (κ1) is 55.3. The van der Waals surface area contributed by atoms with Gasteiger partial charge in [0.15, 0.2) is 12.2 Å². The van der Waals surface area contributed by atoms with Crippen molar-refractivity contribution in [1.29, 1.82) is 0 Å². The zero-order valence-electron chi connectivity index (χ0n) is 38.8. The van der Waals surface area contributed by atoms with Gasteiger partial charge >= 0.3 is 23.9 Å². The number of aliphatic hydroxyl groups is 2. The van der Waals surface area contributed by atoms with E-state index in [9.17, 15) is 29.4 Å². The van der Waals surface area contributed by atoms with Gasteiger partial charge in [-0.2, -0.15) is 0 Å². The summed E-state index contributed by atoms with van der Waals surface area (Å²) in [6.07, 6.45) is 25.2. The number of nitrogens with zero attached hydrogens (tertiary/aromatic N) is 1. The van der Waals surface area contributed by atoms with Gasteiger partial charge in [-0.3, -0.25) is 24.1 Å². The standard InChI is InChI=1S/C49H85NO12/c1-4-7-10-12-14-16-24-34-57-44(53)30-22-18-20-27-40(51)36-50(37-41(52)28-21-19-23-31-45(54)58-35-25-17-15-13-11-8-5-2)33-26-32-47(56)62-43-39-60-48-42(38-59-49(43)48)61-46(55)29-9-6-3/h16-17,24-25,40-43,48-49,51-52H,4-15,18-23,26-39H2,1-3H3/b24-16-,25-17-. The number of hydrogen-bond acceptors (Lipinski definition) is 13. The highest BCUT2D eigenvalue weighted by molar-refractivity contribution is 5.70. The Hall–Kier alpha value is -2.84. The third kappa shape index (κ3) is 27.4. The maximum absolute atomic E-state index is 12.9. The first-order valence-corrected chi connectivity index (χ1v) is 24.5. The largest absolute Gasteiger partial charge is 0.461 e. The number of fused-ring (bicyclic) bond motifs is 1. The molecular formula is C49H85NO12. The third-order valence-electron chi connectivity index (χ3n) is 11.4. The van der Waals surface area contributed by atoms with Crippen molar-refractivity contribution in [2.24, 2.45) is 0 Å². The van der Waals surface area contributed by atoms with Gasteiger partial charge in [-0.15, -0.1) is 0 Å². The van der Waals surface area contributed by atoms with E-state index in [0.29, 0.717) is 84.2 Å². The van der Waals surface area contributed by atoms with E-state index >= 15 is 0 Å². The SMILES string of the molecule is CCCCCC/C=C\COC(=O)CCCCCC(O)CN(CCCC(=O)OC1COC2C(OC(=O)CCCC)COC12)CC(O)CCCCCC(=O)OC/C=C\CCCCCC. The number of hydrogen-bond donors (Lipinski definition) is 2. The fourth-order valence-corrected chi connectivity index (χ4v) is 7.72. The molecule has 0 radical (unpaired) electrons. The molecule has 0 aromatic carbocycles. The van der Waals surface area contributed by atoms with Crippen LogP contribution < -0.4 is 0 Å². The van der Waals surface area contributed by atoms with Crippen LogP contribution in [0.25, 0.3) is 0 Å². The van der Waals surface area contributed by atoms with Gasteiger partial charge in [0, 0.05) is 38.8 Å². The summed E-state index contributed by atoms with van der Waals surface area (Å²) in [5.41, 5.74) is 0. The van der Waals surface area contributed by atoms with Gasteiger partial charge in [0.2, 0.25) is 0 Å². The number of unbranched alkanes of at least 4 members (excludes halogenated alkanes) is 13. The van der Waals surface area contributed by atoms with E-state index < -0.39 is 36.6 Å². The van der Waals surface area contributed by atoms with Gasteiger partial charge < -0.3 is 38.6 Å². The van der Waals surface area contributed by atoms with E-state index in [2.05, 4.69) is 26.0 Å². The Morgan fingerprint density at radius 3 is 1.40 bits per heavy atom. The Balaban J connectivity index is 1.74. The van der Waals surface area contributed by atoms with Crippen LogP contribution in [0.2, 0.25) is 0 Å². The summed E-state index contributed by atoms with van der Waals surface area (Å²) < 4.78 is 33.6. The molecule has 0 bridgehead atoms. The molecule has 62 heavy (non-hydrogen) atoms. The molecule has 6 atom stereocenters. The van der Waals surface area contributed by atoms with Gasteiger partial charge in [0.25, 0.3) is 0 Å². The van der Waals surface area contributed by atoms with Crippen LogP contribution in [0.15, 0.2) is 24.3 Å². The first-order chi connectivity index (χ1) is 30.2. The van der Waals surface area contributed by atoms with Crippen molar-refractivity contribution < 1.29 is 57.8 Å². The molecule has 358 valence electrons. The van der Waals surface area contributed by atoms with Gasteiger partial charge in [-0.25, -0.2) is 0 Å². The van der Waals surface area contributed by atoms with E-state index in [0.717, 1.165) is 64.2 Å². The number of esters is 4. The van der Waals surface area contributed by atoms with Crippen molar-refractivity contribution in [3.63, 3.8) is 0 Å². The van der Waals surface area contributed by atoms with E-state index in [-0.39, 0.29) is 43.5 Å². The lowest BCUT2D eigenvalue weighted by molar-refractivity contribution is -0.155. The second kappa shape index (κ2) is 36.5. The van der Waals surface area contributed by atoms with Crippen molar-refractivity contribution in [2.45, 2.75) is 218 Å². The van der Waals surface area contributed by atoms with Crippen LogP contribution in [0, 0.1) is 0 Å². The summed E-state index contributed by atoms with van der Waals surface area (Å²) in [4.78, 5) is 51.4. The number of carbonyl (C=O) groups excluding carboxylic acids is 4. The summed E-state index contributed by atoms with van der Waals surface area (Å²) in [5, 5.41) is 22.0. The monoisotopic (exact) mass is 880 g/mol. The van der Waals surface area contributed by atoms with Gasteiger partial charge in [0.1, 0.15) is 25.4 Å². The molecule has 0 aromatic heterocycles. The lowest BCUT2D eigenvalue weighted by atomic mass is 10.1. The molecule has 6 unspecified atom stereocenters. The molecule has 0 amide bonds. The van der Waals surface area contributed by atoms with Gasteiger partial charge in [-0.05, 0) is 70.8 Å². The molecule has 2 rings (SSSR count). The van der Waals surface area contributed by atoms with Crippen LogP contribution in [0.5, 0.6) is 0 Å². The number of aliphatic hydroxyl groups excluding tert-OH is 2. The second-order valence-electron chi connectivity index (χ2n) is 17.1. The molecule has 2 aliphatic heterocycles. The number of allylic oxidation sites excluding steroid dienone is 2. The summed E-state index contributed by atoms with van der Waals surface area (Å²) in [6.45, 7) is 8.53. The van der Waals surface area contributed by atoms with Crippen LogP contribution in [0.4, 0.5) is 0 Å². The minimum Gasteiger partial charge on any atom is -0.461 e. The smallest absolute Gasteiger partial charge is 0.306 e. The Bertz CT molecular complexity index is 1190. The number of ether oxygens (including phenoxy) is 6. The molecule has 0 saturated carbocycles. The average Bonchev–Trinajstić information content (AvgIpc) is 3.84. The predicted octanol–water partition coefficient (Wildman–Crippen LogP) is 8.64. The zero-order valence-corrected chi connectivity index (χ0v) is 38.8. The lowest BCUT2D eigenvalue weighted by Gasteiger charge is -2.27. The highest BCUT2D eigenvalue weighted by Gasteiger charge is 2.51. The Morgan fingerprint density at radius 1 is 0.532 bits per heavy atom. The highest BCUT2D eigenvalue weighted by atomic mass is 16.7. The van der Waals surface area contributed by atoms with Crippen molar-refractivity contribution in [1.82, 2.24) is 4.90 Å². The van der Waals surface area contributed by atoms with E-state index in [4.69, 9.17) is 28.4 Å². The van der Waals surface area contributed by atoms with Crippen molar-refractivity contribution in [2.75, 3.05) is 46.1 Å². The molecule has 13 heteroatoms. The Morgan fingerprint density at radius 2 is 0.952 bits per heavy atom. The van der Waals surface area contributed by atoms with Gasteiger partial charge in [0.05, 0.1) is 25.4 Å². The molecule has 0 spiro atoms. The molecule has 2 heterocycles.